The normalized spacial score (nSPS) is 19.7. The van der Waals surface area contributed by atoms with Crippen molar-refractivity contribution in [2.24, 2.45) is 0 Å². The van der Waals surface area contributed by atoms with Gasteiger partial charge in [-0.25, -0.2) is 0 Å². The van der Waals surface area contributed by atoms with E-state index in [-0.39, 0.29) is 6.61 Å². The van der Waals surface area contributed by atoms with Gasteiger partial charge in [0.2, 0.25) is 5.89 Å². The first kappa shape index (κ1) is 17.8. The Kier molecular flexibility index (Phi) is 6.38. The molecule has 0 unspecified atom stereocenters. The molecule has 7 nitrogen and oxygen atoms in total. The van der Waals surface area contributed by atoms with Gasteiger partial charge in [0.25, 0.3) is 0 Å². The molecule has 7 heteroatoms. The topological polar surface area (TPSA) is 83.7 Å². The summed E-state index contributed by atoms with van der Waals surface area (Å²) in [5, 5.41) is 17.5. The summed E-state index contributed by atoms with van der Waals surface area (Å²) >= 11 is 0. The highest BCUT2D eigenvalue weighted by Crippen LogP contribution is 2.13. The van der Waals surface area contributed by atoms with Crippen molar-refractivity contribution < 1.29 is 14.4 Å². The first-order chi connectivity index (χ1) is 12.2. The number of aliphatic hydroxyl groups is 1. The summed E-state index contributed by atoms with van der Waals surface area (Å²) in [4.78, 5) is 6.58. The summed E-state index contributed by atoms with van der Waals surface area (Å²) in [7, 11) is 0. The van der Waals surface area contributed by atoms with E-state index in [9.17, 15) is 5.11 Å². The maximum atomic E-state index is 10.1. The van der Waals surface area contributed by atoms with Gasteiger partial charge in [-0.3, -0.25) is 4.90 Å². The number of benzene rings is 1. The predicted molar refractivity (Wildman–Crippen MR) is 93.3 cm³/mol. The van der Waals surface area contributed by atoms with Crippen LogP contribution in [0.3, 0.4) is 0 Å². The molecule has 25 heavy (non-hydrogen) atoms. The van der Waals surface area contributed by atoms with Crippen LogP contribution in [-0.4, -0.2) is 58.5 Å². The Labute approximate surface area is 148 Å². The monoisotopic (exact) mass is 346 g/mol. The average molecular weight is 346 g/mol. The molecule has 0 saturated carbocycles. The zero-order valence-corrected chi connectivity index (χ0v) is 14.6. The van der Waals surface area contributed by atoms with Crippen molar-refractivity contribution in [3.8, 4) is 5.75 Å². The number of piperidine rings is 1. The zero-order chi connectivity index (χ0) is 17.5. The Bertz CT molecular complexity index is 634. The lowest BCUT2D eigenvalue weighted by atomic mass is 10.1. The maximum absolute atomic E-state index is 10.1. The fourth-order valence-corrected chi connectivity index (χ4v) is 3.04. The van der Waals surface area contributed by atoms with Gasteiger partial charge < -0.3 is 19.7 Å². The number of aliphatic hydroxyl groups excluding tert-OH is 1. The quantitative estimate of drug-likeness (QED) is 0.747. The van der Waals surface area contributed by atoms with Crippen LogP contribution in [0.2, 0.25) is 0 Å². The second-order valence-electron chi connectivity index (χ2n) is 6.49. The van der Waals surface area contributed by atoms with Crippen LogP contribution < -0.4 is 10.1 Å². The van der Waals surface area contributed by atoms with Gasteiger partial charge in [0.15, 0.2) is 5.82 Å². The van der Waals surface area contributed by atoms with Gasteiger partial charge in [-0.1, -0.05) is 23.4 Å². The highest BCUT2D eigenvalue weighted by atomic mass is 16.5. The molecule has 136 valence electrons. The van der Waals surface area contributed by atoms with Crippen LogP contribution in [-0.2, 0) is 6.54 Å². The minimum Gasteiger partial charge on any atom is -0.491 e. The molecule has 1 aliphatic heterocycles. The van der Waals surface area contributed by atoms with Gasteiger partial charge in [-0.05, 0) is 31.5 Å². The standard InChI is InChI=1S/C18H26N4O3/c1-14-20-18(21-25-14)12-22-9-5-6-15(11-22)19-10-16(23)13-24-17-7-3-2-4-8-17/h2-4,7-8,15-16,19,23H,5-6,9-13H2,1H3/t15-,16-/m1/s1. The van der Waals surface area contributed by atoms with Crippen molar-refractivity contribution in [2.75, 3.05) is 26.2 Å². The van der Waals surface area contributed by atoms with Crippen LogP contribution in [0.1, 0.15) is 24.6 Å². The molecule has 1 aliphatic rings. The largest absolute Gasteiger partial charge is 0.491 e. The van der Waals surface area contributed by atoms with E-state index >= 15 is 0 Å². The molecule has 2 atom stereocenters. The van der Waals surface area contributed by atoms with Crippen molar-refractivity contribution in [1.29, 1.82) is 0 Å². The third kappa shape index (κ3) is 5.81. The van der Waals surface area contributed by atoms with Crippen LogP contribution >= 0.6 is 0 Å². The Balaban J connectivity index is 1.37. The molecule has 0 radical (unpaired) electrons. The molecule has 1 aromatic carbocycles. The number of nitrogens with zero attached hydrogens (tertiary/aromatic N) is 3. The van der Waals surface area contributed by atoms with Gasteiger partial charge in [0.1, 0.15) is 18.5 Å². The maximum Gasteiger partial charge on any atom is 0.223 e. The Hall–Kier alpha value is -1.96. The zero-order valence-electron chi connectivity index (χ0n) is 14.6. The number of rotatable bonds is 8. The highest BCUT2D eigenvalue weighted by molar-refractivity contribution is 5.20. The second-order valence-corrected chi connectivity index (χ2v) is 6.49. The van der Waals surface area contributed by atoms with Gasteiger partial charge in [-0.2, -0.15) is 4.98 Å². The lowest BCUT2D eigenvalue weighted by Gasteiger charge is -2.32. The van der Waals surface area contributed by atoms with Gasteiger partial charge in [-0.15, -0.1) is 0 Å². The van der Waals surface area contributed by atoms with E-state index in [1.807, 2.05) is 30.3 Å². The van der Waals surface area contributed by atoms with Gasteiger partial charge in [0, 0.05) is 26.1 Å². The number of aryl methyl sites for hydroxylation is 1. The molecule has 1 aromatic heterocycles. The van der Waals surface area contributed by atoms with Crippen molar-refractivity contribution in [2.45, 2.75) is 38.5 Å². The Morgan fingerprint density at radius 2 is 2.24 bits per heavy atom. The summed E-state index contributed by atoms with van der Waals surface area (Å²) in [6.45, 7) is 5.26. The summed E-state index contributed by atoms with van der Waals surface area (Å²) in [6.07, 6.45) is 1.69. The lowest BCUT2D eigenvalue weighted by Crippen LogP contribution is -2.48. The summed E-state index contributed by atoms with van der Waals surface area (Å²) in [5.74, 6) is 2.11. The number of aromatic nitrogens is 2. The van der Waals surface area contributed by atoms with E-state index in [0.29, 0.717) is 25.0 Å². The van der Waals surface area contributed by atoms with Crippen LogP contribution in [0.15, 0.2) is 34.9 Å². The van der Waals surface area contributed by atoms with Crippen LogP contribution in [0.5, 0.6) is 5.75 Å². The third-order valence-electron chi connectivity index (χ3n) is 4.27. The Morgan fingerprint density at radius 3 is 3.00 bits per heavy atom. The first-order valence-corrected chi connectivity index (χ1v) is 8.80. The molecule has 1 fully saturated rings. The fraction of sp³-hybridized carbons (Fsp3) is 0.556. The van der Waals surface area contributed by atoms with E-state index in [0.717, 1.165) is 37.5 Å². The number of likely N-dealkylation sites (tertiary alicyclic amines) is 1. The molecular weight excluding hydrogens is 320 g/mol. The van der Waals surface area contributed by atoms with E-state index in [1.54, 1.807) is 6.92 Å². The van der Waals surface area contributed by atoms with E-state index in [4.69, 9.17) is 9.26 Å². The molecule has 0 amide bonds. The molecule has 3 rings (SSSR count). The second kappa shape index (κ2) is 8.94. The highest BCUT2D eigenvalue weighted by Gasteiger charge is 2.21. The van der Waals surface area contributed by atoms with Crippen molar-refractivity contribution in [1.82, 2.24) is 20.4 Å². The van der Waals surface area contributed by atoms with E-state index in [2.05, 4.69) is 20.4 Å². The molecule has 2 aromatic rings. The smallest absolute Gasteiger partial charge is 0.223 e. The van der Waals surface area contributed by atoms with Crippen molar-refractivity contribution in [3.63, 3.8) is 0 Å². The Morgan fingerprint density at radius 1 is 1.40 bits per heavy atom. The summed E-state index contributed by atoms with van der Waals surface area (Å²) in [5.41, 5.74) is 0. The first-order valence-electron chi connectivity index (χ1n) is 8.80. The minimum absolute atomic E-state index is 0.287. The van der Waals surface area contributed by atoms with Gasteiger partial charge in [0.05, 0.1) is 6.54 Å². The molecule has 0 bridgehead atoms. The van der Waals surface area contributed by atoms with Crippen molar-refractivity contribution >= 4 is 0 Å². The molecule has 2 N–H and O–H groups in total. The average Bonchev–Trinajstić information content (AvgIpc) is 3.04. The molecular formula is C18H26N4O3. The minimum atomic E-state index is -0.532. The molecule has 0 aliphatic carbocycles. The molecule has 1 saturated heterocycles. The summed E-state index contributed by atoms with van der Waals surface area (Å²) in [6, 6.07) is 9.91. The van der Waals surface area contributed by atoms with E-state index < -0.39 is 6.10 Å². The SMILES string of the molecule is Cc1nc(CN2CCC[C@@H](NC[C@@H](O)COc3ccccc3)C2)no1. The van der Waals surface area contributed by atoms with Crippen LogP contribution in [0.4, 0.5) is 0 Å². The van der Waals surface area contributed by atoms with Gasteiger partial charge >= 0.3 is 0 Å². The number of ether oxygens (including phenoxy) is 1. The van der Waals surface area contributed by atoms with Crippen LogP contribution in [0, 0.1) is 6.92 Å². The number of hydrogen-bond acceptors (Lipinski definition) is 7. The number of nitrogens with one attached hydrogen (secondary N) is 1. The molecule has 0 spiro atoms. The lowest BCUT2D eigenvalue weighted by molar-refractivity contribution is 0.0959. The number of para-hydroxylation sites is 1. The third-order valence-corrected chi connectivity index (χ3v) is 4.27. The summed E-state index contributed by atoms with van der Waals surface area (Å²) < 4.78 is 10.6. The number of hydrogen-bond donors (Lipinski definition) is 2. The predicted octanol–water partition coefficient (Wildman–Crippen LogP) is 1.37. The van der Waals surface area contributed by atoms with Crippen LogP contribution in [0.25, 0.3) is 0 Å². The van der Waals surface area contributed by atoms with Crippen molar-refractivity contribution in [3.05, 3.63) is 42.0 Å². The molecule has 2 heterocycles. The van der Waals surface area contributed by atoms with E-state index in [1.165, 1.54) is 0 Å². The fourth-order valence-electron chi connectivity index (χ4n) is 3.04.